The lowest BCUT2D eigenvalue weighted by molar-refractivity contribution is 0.224. The van der Waals surface area contributed by atoms with Crippen molar-refractivity contribution in [3.63, 3.8) is 0 Å². The molecule has 0 bridgehead atoms. The molecule has 2 heterocycles. The lowest BCUT2D eigenvalue weighted by Crippen LogP contribution is -2.38. The molecule has 2 N–H and O–H groups in total. The van der Waals surface area contributed by atoms with Crippen molar-refractivity contribution in [3.05, 3.63) is 18.3 Å². The molecular formula is C13H22N4O2S. The Labute approximate surface area is 120 Å². The first-order valence-corrected chi connectivity index (χ1v) is 8.38. The fourth-order valence-electron chi connectivity index (χ4n) is 2.66. The molecule has 6 nitrogen and oxygen atoms in total. The standard InChI is InChI=1S/C13H22N4O2S/c1-3-16(4-2)11-7-8-17(10-11)20(18,19)12-5-6-13(14)15-9-12/h5-6,9,11H,3-4,7-8,10H2,1-2H3,(H2,14,15). The van der Waals surface area contributed by atoms with Crippen molar-refractivity contribution >= 4 is 15.8 Å². The van der Waals surface area contributed by atoms with Crippen LogP contribution in [-0.4, -0.2) is 54.8 Å². The molecular weight excluding hydrogens is 276 g/mol. The summed E-state index contributed by atoms with van der Waals surface area (Å²) in [5.41, 5.74) is 5.50. The van der Waals surface area contributed by atoms with Gasteiger partial charge in [-0.2, -0.15) is 4.31 Å². The van der Waals surface area contributed by atoms with E-state index in [2.05, 4.69) is 23.7 Å². The summed E-state index contributed by atoms with van der Waals surface area (Å²) >= 11 is 0. The molecule has 0 radical (unpaired) electrons. The van der Waals surface area contributed by atoms with Crippen molar-refractivity contribution in [2.45, 2.75) is 31.2 Å². The summed E-state index contributed by atoms with van der Waals surface area (Å²) in [5, 5.41) is 0. The van der Waals surface area contributed by atoms with Crippen LogP contribution in [0.3, 0.4) is 0 Å². The Balaban J connectivity index is 2.14. The quantitative estimate of drug-likeness (QED) is 0.868. The highest BCUT2D eigenvalue weighted by Crippen LogP contribution is 2.23. The number of sulfonamides is 1. The van der Waals surface area contributed by atoms with Gasteiger partial charge in [-0.15, -0.1) is 0 Å². The average molecular weight is 298 g/mol. The predicted octanol–water partition coefficient (Wildman–Crippen LogP) is 0.769. The topological polar surface area (TPSA) is 79.5 Å². The highest BCUT2D eigenvalue weighted by molar-refractivity contribution is 7.89. The summed E-state index contributed by atoms with van der Waals surface area (Å²) in [6.45, 7) is 7.20. The van der Waals surface area contributed by atoms with Gasteiger partial charge in [0, 0.05) is 25.3 Å². The van der Waals surface area contributed by atoms with Crippen molar-refractivity contribution in [3.8, 4) is 0 Å². The summed E-state index contributed by atoms with van der Waals surface area (Å²) in [5.74, 6) is 0.325. The van der Waals surface area contributed by atoms with E-state index in [1.165, 1.54) is 18.3 Å². The Hall–Kier alpha value is -1.18. The molecule has 1 aromatic rings. The third kappa shape index (κ3) is 2.94. The van der Waals surface area contributed by atoms with Gasteiger partial charge >= 0.3 is 0 Å². The number of likely N-dealkylation sites (N-methyl/N-ethyl adjacent to an activating group) is 1. The summed E-state index contributed by atoms with van der Waals surface area (Å²) in [6, 6.07) is 3.34. The van der Waals surface area contributed by atoms with Crippen LogP contribution in [0, 0.1) is 0 Å². The van der Waals surface area contributed by atoms with E-state index in [1.807, 2.05) is 0 Å². The van der Waals surface area contributed by atoms with E-state index in [0.29, 0.717) is 24.9 Å². The molecule has 1 atom stereocenters. The highest BCUT2D eigenvalue weighted by atomic mass is 32.2. The normalized spacial score (nSPS) is 20.6. The molecule has 20 heavy (non-hydrogen) atoms. The number of nitrogens with two attached hydrogens (primary N) is 1. The van der Waals surface area contributed by atoms with E-state index in [0.717, 1.165) is 19.5 Å². The van der Waals surface area contributed by atoms with Crippen LogP contribution in [0.5, 0.6) is 0 Å². The van der Waals surface area contributed by atoms with E-state index >= 15 is 0 Å². The zero-order valence-corrected chi connectivity index (χ0v) is 12.8. The first-order valence-electron chi connectivity index (χ1n) is 6.94. The molecule has 0 spiro atoms. The van der Waals surface area contributed by atoms with Gasteiger partial charge in [-0.25, -0.2) is 13.4 Å². The lowest BCUT2D eigenvalue weighted by Gasteiger charge is -2.26. The van der Waals surface area contributed by atoms with Gasteiger partial charge in [-0.3, -0.25) is 4.90 Å². The fraction of sp³-hybridized carbons (Fsp3) is 0.615. The highest BCUT2D eigenvalue weighted by Gasteiger charge is 2.34. The number of pyridine rings is 1. The van der Waals surface area contributed by atoms with Crippen molar-refractivity contribution in [2.24, 2.45) is 0 Å². The molecule has 0 aliphatic carbocycles. The van der Waals surface area contributed by atoms with Gasteiger partial charge in [0.15, 0.2) is 0 Å². The molecule has 1 unspecified atom stereocenters. The Bertz CT molecular complexity index is 540. The number of nitrogen functional groups attached to an aromatic ring is 1. The Kier molecular flexibility index (Phi) is 4.62. The molecule has 7 heteroatoms. The molecule has 1 saturated heterocycles. The molecule has 0 amide bonds. The zero-order chi connectivity index (χ0) is 14.8. The maximum absolute atomic E-state index is 12.5. The number of rotatable bonds is 5. The molecule has 1 aliphatic heterocycles. The van der Waals surface area contributed by atoms with Gasteiger partial charge in [0.1, 0.15) is 10.7 Å². The molecule has 0 aromatic carbocycles. The van der Waals surface area contributed by atoms with Crippen LogP contribution in [0.1, 0.15) is 20.3 Å². The van der Waals surface area contributed by atoms with E-state index in [9.17, 15) is 8.42 Å². The lowest BCUT2D eigenvalue weighted by atomic mass is 10.2. The second kappa shape index (κ2) is 6.07. The van der Waals surface area contributed by atoms with Gasteiger partial charge < -0.3 is 5.73 Å². The zero-order valence-electron chi connectivity index (χ0n) is 12.0. The number of nitrogens with zero attached hydrogens (tertiary/aromatic N) is 3. The minimum absolute atomic E-state index is 0.215. The molecule has 2 rings (SSSR count). The summed E-state index contributed by atoms with van der Waals surface area (Å²) in [6.07, 6.45) is 2.21. The summed E-state index contributed by atoms with van der Waals surface area (Å²) < 4.78 is 26.6. The van der Waals surface area contributed by atoms with Crippen molar-refractivity contribution in [1.29, 1.82) is 0 Å². The van der Waals surface area contributed by atoms with Gasteiger partial charge in [0.2, 0.25) is 10.0 Å². The Morgan fingerprint density at radius 2 is 2.10 bits per heavy atom. The second-order valence-corrected chi connectivity index (χ2v) is 6.88. The third-order valence-corrected chi connectivity index (χ3v) is 5.70. The van der Waals surface area contributed by atoms with Crippen molar-refractivity contribution in [2.75, 3.05) is 31.9 Å². The first-order chi connectivity index (χ1) is 9.48. The third-order valence-electron chi connectivity index (χ3n) is 3.85. The van der Waals surface area contributed by atoms with Gasteiger partial charge in [-0.1, -0.05) is 13.8 Å². The number of hydrogen-bond donors (Lipinski definition) is 1. The monoisotopic (exact) mass is 298 g/mol. The van der Waals surface area contributed by atoms with Crippen LogP contribution < -0.4 is 5.73 Å². The first kappa shape index (κ1) is 15.2. The molecule has 0 saturated carbocycles. The number of anilines is 1. The fourth-order valence-corrected chi connectivity index (χ4v) is 4.10. The van der Waals surface area contributed by atoms with Gasteiger partial charge in [0.25, 0.3) is 0 Å². The largest absolute Gasteiger partial charge is 0.384 e. The smallest absolute Gasteiger partial charge is 0.244 e. The van der Waals surface area contributed by atoms with Crippen molar-refractivity contribution < 1.29 is 8.42 Å². The van der Waals surface area contributed by atoms with Gasteiger partial charge in [-0.05, 0) is 31.6 Å². The molecule has 1 aromatic heterocycles. The Morgan fingerprint density at radius 1 is 1.40 bits per heavy atom. The summed E-state index contributed by atoms with van der Waals surface area (Å²) in [7, 11) is -3.45. The van der Waals surface area contributed by atoms with Crippen LogP contribution in [0.2, 0.25) is 0 Å². The van der Waals surface area contributed by atoms with Crippen LogP contribution in [0.25, 0.3) is 0 Å². The summed E-state index contributed by atoms with van der Waals surface area (Å²) in [4.78, 5) is 6.38. The Morgan fingerprint density at radius 3 is 2.65 bits per heavy atom. The minimum Gasteiger partial charge on any atom is -0.384 e. The van der Waals surface area contributed by atoms with Crippen molar-refractivity contribution in [1.82, 2.24) is 14.2 Å². The predicted molar refractivity (Wildman–Crippen MR) is 78.7 cm³/mol. The molecule has 1 aliphatic rings. The van der Waals surface area contributed by atoms with E-state index < -0.39 is 10.0 Å². The molecule has 112 valence electrons. The van der Waals surface area contributed by atoms with E-state index in [4.69, 9.17) is 5.73 Å². The number of hydrogen-bond acceptors (Lipinski definition) is 5. The molecule has 1 fully saturated rings. The maximum atomic E-state index is 12.5. The van der Waals surface area contributed by atoms with Gasteiger partial charge in [0.05, 0.1) is 0 Å². The number of aromatic nitrogens is 1. The maximum Gasteiger partial charge on any atom is 0.244 e. The SMILES string of the molecule is CCN(CC)C1CCN(S(=O)(=O)c2ccc(N)nc2)C1. The van der Waals surface area contributed by atoms with Crippen LogP contribution >= 0.6 is 0 Å². The second-order valence-electron chi connectivity index (χ2n) is 4.95. The van der Waals surface area contributed by atoms with E-state index in [-0.39, 0.29) is 4.90 Å². The van der Waals surface area contributed by atoms with Crippen LogP contribution in [0.4, 0.5) is 5.82 Å². The van der Waals surface area contributed by atoms with E-state index in [1.54, 1.807) is 4.31 Å². The average Bonchev–Trinajstić information content (AvgIpc) is 2.91. The minimum atomic E-state index is -3.45. The van der Waals surface area contributed by atoms with Crippen LogP contribution in [-0.2, 0) is 10.0 Å². The van der Waals surface area contributed by atoms with Crippen LogP contribution in [0.15, 0.2) is 23.2 Å².